The van der Waals surface area contributed by atoms with Gasteiger partial charge in [-0.3, -0.25) is 5.32 Å². The van der Waals surface area contributed by atoms with Crippen LogP contribution in [0, 0.1) is 6.92 Å². The van der Waals surface area contributed by atoms with Crippen LogP contribution in [0.4, 0.5) is 10.5 Å². The van der Waals surface area contributed by atoms with Crippen LogP contribution in [-0.2, 0) is 0 Å². The van der Waals surface area contributed by atoms with Gasteiger partial charge in [0.25, 0.3) is 0 Å². The summed E-state index contributed by atoms with van der Waals surface area (Å²) in [6, 6.07) is 14.2. The third kappa shape index (κ3) is 2.74. The van der Waals surface area contributed by atoms with Gasteiger partial charge in [0, 0.05) is 5.69 Å². The monoisotopic (exact) mass is 297 g/mol. The summed E-state index contributed by atoms with van der Waals surface area (Å²) < 4.78 is 16.2. The zero-order valence-electron chi connectivity index (χ0n) is 12.3. The topological polar surface area (TPSA) is 60.7 Å². The first-order valence-electron chi connectivity index (χ1n) is 6.78. The second-order valence-corrected chi connectivity index (χ2v) is 4.73. The van der Waals surface area contributed by atoms with E-state index in [0.717, 1.165) is 5.39 Å². The summed E-state index contributed by atoms with van der Waals surface area (Å²) in [6.45, 7) is 1.82. The van der Waals surface area contributed by atoms with E-state index in [4.69, 9.17) is 13.9 Å². The van der Waals surface area contributed by atoms with Crippen molar-refractivity contribution in [2.45, 2.75) is 6.92 Å². The zero-order chi connectivity index (χ0) is 15.5. The van der Waals surface area contributed by atoms with Gasteiger partial charge in [0.2, 0.25) is 0 Å². The van der Waals surface area contributed by atoms with Crippen LogP contribution < -0.4 is 14.8 Å². The number of aryl methyl sites for hydroxylation is 1. The molecule has 0 saturated carbocycles. The molecule has 0 aliphatic heterocycles. The molecule has 5 nitrogen and oxygen atoms in total. The second kappa shape index (κ2) is 5.81. The van der Waals surface area contributed by atoms with E-state index < -0.39 is 6.09 Å². The van der Waals surface area contributed by atoms with Gasteiger partial charge in [0.15, 0.2) is 5.75 Å². The molecule has 0 unspecified atom stereocenters. The highest BCUT2D eigenvalue weighted by molar-refractivity contribution is 5.89. The maximum absolute atomic E-state index is 11.9. The maximum atomic E-state index is 11.9. The third-order valence-corrected chi connectivity index (χ3v) is 3.21. The molecule has 3 aromatic rings. The van der Waals surface area contributed by atoms with E-state index in [2.05, 4.69) is 5.32 Å². The Morgan fingerprint density at radius 3 is 2.64 bits per heavy atom. The van der Waals surface area contributed by atoms with Gasteiger partial charge < -0.3 is 13.9 Å². The minimum absolute atomic E-state index is 0.417. The van der Waals surface area contributed by atoms with Crippen LogP contribution in [0.5, 0.6) is 11.5 Å². The molecule has 112 valence electrons. The Hall–Kier alpha value is -2.95. The van der Waals surface area contributed by atoms with Crippen LogP contribution in [0.3, 0.4) is 0 Å². The van der Waals surface area contributed by atoms with E-state index in [1.54, 1.807) is 37.4 Å². The highest BCUT2D eigenvalue weighted by Crippen LogP contribution is 2.34. The summed E-state index contributed by atoms with van der Waals surface area (Å²) in [7, 11) is 1.58. The Balaban J connectivity index is 1.80. The van der Waals surface area contributed by atoms with E-state index in [9.17, 15) is 4.79 Å². The van der Waals surface area contributed by atoms with Gasteiger partial charge in [-0.15, -0.1) is 0 Å². The normalized spacial score (nSPS) is 10.5. The zero-order valence-corrected chi connectivity index (χ0v) is 12.3. The molecule has 0 fully saturated rings. The van der Waals surface area contributed by atoms with Crippen molar-refractivity contribution in [3.8, 4) is 11.5 Å². The standard InChI is InChI=1S/C17H15NO4/c1-11-16(20-2)14-10-13(8-9-15(14)21-11)22-17(19)18-12-6-4-3-5-7-12/h3-10H,1-2H3,(H,18,19). The SMILES string of the molecule is COc1c(C)oc2ccc(OC(=O)Nc3ccccc3)cc12. The average Bonchev–Trinajstić information content (AvgIpc) is 2.82. The molecular formula is C17H15NO4. The fourth-order valence-electron chi connectivity index (χ4n) is 2.27. The molecule has 0 aliphatic rings. The summed E-state index contributed by atoms with van der Waals surface area (Å²) in [4.78, 5) is 11.9. The molecule has 1 aromatic heterocycles. The fourth-order valence-corrected chi connectivity index (χ4v) is 2.27. The number of benzene rings is 2. The number of anilines is 1. The van der Waals surface area contributed by atoms with Gasteiger partial charge in [0.1, 0.15) is 17.1 Å². The summed E-state index contributed by atoms with van der Waals surface area (Å²) >= 11 is 0. The smallest absolute Gasteiger partial charge is 0.417 e. The Kier molecular flexibility index (Phi) is 3.70. The number of para-hydroxylation sites is 1. The predicted molar refractivity (Wildman–Crippen MR) is 83.6 cm³/mol. The molecule has 0 radical (unpaired) electrons. The lowest BCUT2D eigenvalue weighted by molar-refractivity contribution is 0.215. The number of hydrogen-bond acceptors (Lipinski definition) is 4. The number of fused-ring (bicyclic) bond motifs is 1. The molecular weight excluding hydrogens is 282 g/mol. The molecule has 5 heteroatoms. The van der Waals surface area contributed by atoms with E-state index >= 15 is 0 Å². The van der Waals surface area contributed by atoms with Crippen molar-refractivity contribution in [2.24, 2.45) is 0 Å². The lowest BCUT2D eigenvalue weighted by atomic mass is 10.2. The summed E-state index contributed by atoms with van der Waals surface area (Å²) in [5, 5.41) is 3.42. The van der Waals surface area contributed by atoms with Crippen LogP contribution in [0.2, 0.25) is 0 Å². The number of carbonyl (C=O) groups is 1. The molecule has 0 saturated heterocycles. The van der Waals surface area contributed by atoms with Gasteiger partial charge in [0.05, 0.1) is 12.5 Å². The van der Waals surface area contributed by atoms with Crippen LogP contribution in [0.25, 0.3) is 11.0 Å². The number of nitrogens with one attached hydrogen (secondary N) is 1. The van der Waals surface area contributed by atoms with E-state index in [1.807, 2.05) is 25.1 Å². The molecule has 1 amide bonds. The van der Waals surface area contributed by atoms with Crippen molar-refractivity contribution in [1.82, 2.24) is 0 Å². The first-order chi connectivity index (χ1) is 10.7. The van der Waals surface area contributed by atoms with Gasteiger partial charge in [-0.2, -0.15) is 0 Å². The minimum atomic E-state index is -0.551. The van der Waals surface area contributed by atoms with Crippen LogP contribution in [-0.4, -0.2) is 13.2 Å². The summed E-state index contributed by atoms with van der Waals surface area (Å²) in [5.74, 6) is 1.74. The van der Waals surface area contributed by atoms with Gasteiger partial charge in [-0.05, 0) is 37.3 Å². The molecule has 0 aliphatic carbocycles. The largest absolute Gasteiger partial charge is 0.492 e. The highest BCUT2D eigenvalue weighted by atomic mass is 16.6. The number of carbonyl (C=O) groups excluding carboxylic acids is 1. The van der Waals surface area contributed by atoms with Crippen molar-refractivity contribution < 1.29 is 18.7 Å². The lowest BCUT2D eigenvalue weighted by Crippen LogP contribution is -2.16. The summed E-state index contributed by atoms with van der Waals surface area (Å²) in [5.41, 5.74) is 1.36. The van der Waals surface area contributed by atoms with Crippen molar-refractivity contribution in [2.75, 3.05) is 12.4 Å². The fraction of sp³-hybridized carbons (Fsp3) is 0.118. The average molecular weight is 297 g/mol. The second-order valence-electron chi connectivity index (χ2n) is 4.73. The molecule has 0 bridgehead atoms. The lowest BCUT2D eigenvalue weighted by Gasteiger charge is -2.06. The van der Waals surface area contributed by atoms with Gasteiger partial charge in [-0.1, -0.05) is 18.2 Å². The molecule has 1 heterocycles. The Morgan fingerprint density at radius 1 is 1.14 bits per heavy atom. The minimum Gasteiger partial charge on any atom is -0.492 e. The molecule has 3 rings (SSSR count). The number of amides is 1. The quantitative estimate of drug-likeness (QED) is 0.780. The number of methoxy groups -OCH3 is 1. The van der Waals surface area contributed by atoms with E-state index in [-0.39, 0.29) is 0 Å². The number of furan rings is 1. The molecule has 1 N–H and O–H groups in total. The van der Waals surface area contributed by atoms with Crippen LogP contribution in [0.15, 0.2) is 52.9 Å². The highest BCUT2D eigenvalue weighted by Gasteiger charge is 2.13. The summed E-state index contributed by atoms with van der Waals surface area (Å²) in [6.07, 6.45) is -0.551. The molecule has 0 spiro atoms. The number of rotatable bonds is 3. The van der Waals surface area contributed by atoms with E-state index in [1.165, 1.54) is 0 Å². The van der Waals surface area contributed by atoms with Crippen LogP contribution in [0.1, 0.15) is 5.76 Å². The third-order valence-electron chi connectivity index (χ3n) is 3.21. The van der Waals surface area contributed by atoms with Crippen molar-refractivity contribution in [1.29, 1.82) is 0 Å². The Morgan fingerprint density at radius 2 is 1.91 bits per heavy atom. The Bertz CT molecular complexity index is 808. The van der Waals surface area contributed by atoms with E-state index in [0.29, 0.717) is 28.5 Å². The maximum Gasteiger partial charge on any atom is 0.417 e. The van der Waals surface area contributed by atoms with Crippen molar-refractivity contribution >= 4 is 22.7 Å². The predicted octanol–water partition coefficient (Wildman–Crippen LogP) is 4.36. The van der Waals surface area contributed by atoms with Crippen molar-refractivity contribution in [3.63, 3.8) is 0 Å². The van der Waals surface area contributed by atoms with Gasteiger partial charge >= 0.3 is 6.09 Å². The van der Waals surface area contributed by atoms with Crippen LogP contribution >= 0.6 is 0 Å². The first-order valence-corrected chi connectivity index (χ1v) is 6.78. The number of hydrogen-bond donors (Lipinski definition) is 1. The van der Waals surface area contributed by atoms with Crippen molar-refractivity contribution in [3.05, 3.63) is 54.3 Å². The first kappa shape index (κ1) is 14.0. The molecule has 22 heavy (non-hydrogen) atoms. The molecule has 0 atom stereocenters. The number of ether oxygens (including phenoxy) is 2. The van der Waals surface area contributed by atoms with Gasteiger partial charge in [-0.25, -0.2) is 4.79 Å². The molecule has 2 aromatic carbocycles. The Labute approximate surface area is 127 Å².